The van der Waals surface area contributed by atoms with E-state index in [0.29, 0.717) is 0 Å². The molecule has 0 saturated heterocycles. The third kappa shape index (κ3) is 3.47. The number of nitrogens with zero attached hydrogens (tertiary/aromatic N) is 2. The second kappa shape index (κ2) is 6.45. The zero-order chi connectivity index (χ0) is 12.0. The monoisotopic (exact) mass is 223 g/mol. The van der Waals surface area contributed by atoms with Gasteiger partial charge in [-0.05, 0) is 27.0 Å². The largest absolute Gasteiger partial charge is 0.395 e. The zero-order valence-electron chi connectivity index (χ0n) is 10.3. The summed E-state index contributed by atoms with van der Waals surface area (Å²) < 4.78 is 0. The lowest BCUT2D eigenvalue weighted by molar-refractivity contribution is 0.154. The van der Waals surface area contributed by atoms with Crippen LogP contribution in [0.2, 0.25) is 0 Å². The molecule has 0 aliphatic rings. The standard InChI is InChI=1S/C12H21N3O/c1-4-13-12-11(6-5-7-14-12)8-15(3)10(2)9-16/h5-7,10,16H,4,8-9H2,1-3H3,(H,13,14). The Kier molecular flexibility index (Phi) is 5.22. The van der Waals surface area contributed by atoms with Crippen molar-refractivity contribution in [3.63, 3.8) is 0 Å². The van der Waals surface area contributed by atoms with Crippen LogP contribution in [0, 0.1) is 0 Å². The van der Waals surface area contributed by atoms with E-state index in [4.69, 9.17) is 5.11 Å². The molecular formula is C12H21N3O. The van der Waals surface area contributed by atoms with Crippen molar-refractivity contribution < 1.29 is 5.11 Å². The van der Waals surface area contributed by atoms with E-state index in [0.717, 1.165) is 24.5 Å². The third-order valence-electron chi connectivity index (χ3n) is 2.67. The summed E-state index contributed by atoms with van der Waals surface area (Å²) in [5.41, 5.74) is 1.16. The van der Waals surface area contributed by atoms with Crippen molar-refractivity contribution in [2.24, 2.45) is 0 Å². The number of rotatable bonds is 6. The Morgan fingerprint density at radius 2 is 2.31 bits per heavy atom. The average Bonchev–Trinajstić information content (AvgIpc) is 2.31. The van der Waals surface area contributed by atoms with Crippen molar-refractivity contribution >= 4 is 5.82 Å². The van der Waals surface area contributed by atoms with Crippen molar-refractivity contribution in [1.29, 1.82) is 0 Å². The van der Waals surface area contributed by atoms with Gasteiger partial charge >= 0.3 is 0 Å². The summed E-state index contributed by atoms with van der Waals surface area (Å²) in [5.74, 6) is 0.932. The molecule has 0 amide bonds. The second-order valence-corrected chi connectivity index (χ2v) is 3.99. The van der Waals surface area contributed by atoms with Gasteiger partial charge < -0.3 is 10.4 Å². The van der Waals surface area contributed by atoms with Crippen LogP contribution < -0.4 is 5.32 Å². The fraction of sp³-hybridized carbons (Fsp3) is 0.583. The molecule has 0 saturated carbocycles. The summed E-state index contributed by atoms with van der Waals surface area (Å²) >= 11 is 0. The number of aliphatic hydroxyl groups excluding tert-OH is 1. The highest BCUT2D eigenvalue weighted by atomic mass is 16.3. The fourth-order valence-corrected chi connectivity index (χ4v) is 1.46. The summed E-state index contributed by atoms with van der Waals surface area (Å²) in [6, 6.07) is 4.16. The van der Waals surface area contributed by atoms with E-state index in [-0.39, 0.29) is 12.6 Å². The van der Waals surface area contributed by atoms with Crippen LogP contribution in [0.25, 0.3) is 0 Å². The molecule has 0 aliphatic heterocycles. The Morgan fingerprint density at radius 3 is 2.94 bits per heavy atom. The van der Waals surface area contributed by atoms with Gasteiger partial charge in [-0.25, -0.2) is 4.98 Å². The Balaban J connectivity index is 2.71. The molecule has 0 spiro atoms. The van der Waals surface area contributed by atoms with E-state index in [9.17, 15) is 0 Å². The van der Waals surface area contributed by atoms with Crippen molar-refractivity contribution in [3.8, 4) is 0 Å². The number of aromatic nitrogens is 1. The number of pyridine rings is 1. The molecule has 4 heteroatoms. The van der Waals surface area contributed by atoms with Crippen LogP contribution in [0.1, 0.15) is 19.4 Å². The normalized spacial score (nSPS) is 12.8. The predicted molar refractivity (Wildman–Crippen MR) is 66.4 cm³/mol. The topological polar surface area (TPSA) is 48.4 Å². The highest BCUT2D eigenvalue weighted by Crippen LogP contribution is 2.14. The number of aliphatic hydroxyl groups is 1. The minimum atomic E-state index is 0.162. The molecule has 0 aromatic carbocycles. The van der Waals surface area contributed by atoms with Crippen LogP contribution in [-0.4, -0.2) is 41.2 Å². The lowest BCUT2D eigenvalue weighted by Gasteiger charge is -2.23. The Morgan fingerprint density at radius 1 is 1.56 bits per heavy atom. The third-order valence-corrected chi connectivity index (χ3v) is 2.67. The summed E-state index contributed by atoms with van der Waals surface area (Å²) in [6.07, 6.45) is 1.79. The van der Waals surface area contributed by atoms with Gasteiger partial charge in [0, 0.05) is 30.9 Å². The summed E-state index contributed by atoms with van der Waals surface area (Å²) in [6.45, 7) is 5.89. The van der Waals surface area contributed by atoms with E-state index in [1.165, 1.54) is 0 Å². The van der Waals surface area contributed by atoms with Gasteiger partial charge in [0.05, 0.1) is 6.61 Å². The summed E-state index contributed by atoms with van der Waals surface area (Å²) in [4.78, 5) is 6.42. The highest BCUT2D eigenvalue weighted by molar-refractivity contribution is 5.43. The van der Waals surface area contributed by atoms with Gasteiger partial charge in [0.15, 0.2) is 0 Å². The SMILES string of the molecule is CCNc1ncccc1CN(C)C(C)CO. The van der Waals surface area contributed by atoms with Gasteiger partial charge in [0.25, 0.3) is 0 Å². The van der Waals surface area contributed by atoms with Crippen LogP contribution in [0.5, 0.6) is 0 Å². The average molecular weight is 223 g/mol. The van der Waals surface area contributed by atoms with Crippen molar-refractivity contribution in [3.05, 3.63) is 23.9 Å². The van der Waals surface area contributed by atoms with Gasteiger partial charge in [0.1, 0.15) is 5.82 Å². The minimum absolute atomic E-state index is 0.162. The number of likely N-dealkylation sites (N-methyl/N-ethyl adjacent to an activating group) is 1. The van der Waals surface area contributed by atoms with E-state index in [2.05, 4.69) is 28.2 Å². The van der Waals surface area contributed by atoms with Gasteiger partial charge in [-0.3, -0.25) is 4.90 Å². The summed E-state index contributed by atoms with van der Waals surface area (Å²) in [5, 5.41) is 12.3. The first-order valence-corrected chi connectivity index (χ1v) is 5.67. The van der Waals surface area contributed by atoms with Gasteiger partial charge in [-0.1, -0.05) is 6.07 Å². The first-order chi connectivity index (χ1) is 7.69. The molecule has 0 fully saturated rings. The number of anilines is 1. The van der Waals surface area contributed by atoms with Crippen LogP contribution in [-0.2, 0) is 6.54 Å². The Hall–Kier alpha value is -1.13. The lowest BCUT2D eigenvalue weighted by atomic mass is 10.2. The van der Waals surface area contributed by atoms with E-state index >= 15 is 0 Å². The maximum Gasteiger partial charge on any atom is 0.130 e. The summed E-state index contributed by atoms with van der Waals surface area (Å²) in [7, 11) is 2.00. The maximum absolute atomic E-state index is 9.08. The van der Waals surface area contributed by atoms with E-state index < -0.39 is 0 Å². The quantitative estimate of drug-likeness (QED) is 0.764. The van der Waals surface area contributed by atoms with Crippen LogP contribution in [0.4, 0.5) is 5.82 Å². The van der Waals surface area contributed by atoms with E-state index in [1.54, 1.807) is 6.20 Å². The zero-order valence-corrected chi connectivity index (χ0v) is 10.3. The van der Waals surface area contributed by atoms with Crippen molar-refractivity contribution in [1.82, 2.24) is 9.88 Å². The Bertz CT molecular complexity index is 317. The lowest BCUT2D eigenvalue weighted by Crippen LogP contribution is -2.31. The molecule has 16 heavy (non-hydrogen) atoms. The Labute approximate surface area is 97.3 Å². The molecular weight excluding hydrogens is 202 g/mol. The second-order valence-electron chi connectivity index (χ2n) is 3.99. The van der Waals surface area contributed by atoms with Crippen LogP contribution >= 0.6 is 0 Å². The van der Waals surface area contributed by atoms with Crippen molar-refractivity contribution in [2.45, 2.75) is 26.4 Å². The number of hydrogen-bond acceptors (Lipinski definition) is 4. The molecule has 4 nitrogen and oxygen atoms in total. The first-order valence-electron chi connectivity index (χ1n) is 5.67. The van der Waals surface area contributed by atoms with Crippen LogP contribution in [0.15, 0.2) is 18.3 Å². The molecule has 90 valence electrons. The molecule has 0 radical (unpaired) electrons. The molecule has 1 atom stereocenters. The molecule has 0 aliphatic carbocycles. The van der Waals surface area contributed by atoms with Gasteiger partial charge in [0.2, 0.25) is 0 Å². The van der Waals surface area contributed by atoms with Crippen LogP contribution in [0.3, 0.4) is 0 Å². The molecule has 1 unspecified atom stereocenters. The molecule has 0 bridgehead atoms. The number of nitrogens with one attached hydrogen (secondary N) is 1. The van der Waals surface area contributed by atoms with Gasteiger partial charge in [-0.15, -0.1) is 0 Å². The van der Waals surface area contributed by atoms with E-state index in [1.807, 2.05) is 20.0 Å². The molecule has 1 aromatic heterocycles. The number of hydrogen-bond donors (Lipinski definition) is 2. The molecule has 2 N–H and O–H groups in total. The molecule has 1 rings (SSSR count). The smallest absolute Gasteiger partial charge is 0.130 e. The predicted octanol–water partition coefficient (Wildman–Crippen LogP) is 1.33. The highest BCUT2D eigenvalue weighted by Gasteiger charge is 2.10. The first kappa shape index (κ1) is 12.9. The fourth-order valence-electron chi connectivity index (χ4n) is 1.46. The molecule has 1 heterocycles. The maximum atomic E-state index is 9.08. The van der Waals surface area contributed by atoms with Gasteiger partial charge in [-0.2, -0.15) is 0 Å². The minimum Gasteiger partial charge on any atom is -0.395 e. The molecule has 1 aromatic rings. The van der Waals surface area contributed by atoms with Crippen molar-refractivity contribution in [2.75, 3.05) is 25.5 Å².